The number of hydrogen-bond donors (Lipinski definition) is 1. The summed E-state index contributed by atoms with van der Waals surface area (Å²) in [5.74, 6) is 0.617. The molecule has 0 aromatic heterocycles. The number of carbonyl (C=O) groups is 1. The number of nitrogens with zero attached hydrogens (tertiary/aromatic N) is 2. The molecule has 0 spiro atoms. The van der Waals surface area contributed by atoms with Crippen molar-refractivity contribution in [3.8, 4) is 0 Å². The molecule has 32 heavy (non-hydrogen) atoms. The molecular weight excluding hydrogens is 473 g/mol. The lowest BCUT2D eigenvalue weighted by atomic mass is 10.1. The number of piperazine rings is 1. The highest BCUT2D eigenvalue weighted by Gasteiger charge is 2.23. The molecule has 1 aliphatic rings. The number of rotatable bonds is 9. The average Bonchev–Trinajstić information content (AvgIpc) is 2.75. The van der Waals surface area contributed by atoms with Gasteiger partial charge in [-0.15, -0.1) is 0 Å². The van der Waals surface area contributed by atoms with E-state index >= 15 is 0 Å². The van der Waals surface area contributed by atoms with Gasteiger partial charge in [-0.2, -0.15) is 16.1 Å². The highest BCUT2D eigenvalue weighted by Crippen LogP contribution is 2.23. The van der Waals surface area contributed by atoms with Crippen LogP contribution in [0.3, 0.4) is 0 Å². The third-order valence-electron chi connectivity index (χ3n) is 5.24. The van der Waals surface area contributed by atoms with E-state index in [1.165, 1.54) is 28.4 Å². The third-order valence-corrected chi connectivity index (χ3v) is 7.88. The number of benzene rings is 2. The lowest BCUT2D eigenvalue weighted by Crippen LogP contribution is -2.47. The van der Waals surface area contributed by atoms with Crippen molar-refractivity contribution >= 4 is 39.3 Å². The van der Waals surface area contributed by atoms with Crippen LogP contribution < -0.4 is 5.32 Å². The molecule has 0 unspecified atom stereocenters. The van der Waals surface area contributed by atoms with Gasteiger partial charge in [0.25, 0.3) is 5.91 Å². The van der Waals surface area contributed by atoms with Crippen LogP contribution in [0.15, 0.2) is 42.5 Å². The van der Waals surface area contributed by atoms with E-state index in [2.05, 4.69) is 10.2 Å². The number of sulfonamides is 1. The Balaban J connectivity index is 1.43. The summed E-state index contributed by atoms with van der Waals surface area (Å²) < 4.78 is 38.6. The molecule has 6 nitrogen and oxygen atoms in total. The van der Waals surface area contributed by atoms with Crippen LogP contribution in [0.1, 0.15) is 21.5 Å². The molecule has 1 amide bonds. The Morgan fingerprint density at radius 3 is 2.56 bits per heavy atom. The van der Waals surface area contributed by atoms with Gasteiger partial charge in [-0.3, -0.25) is 9.69 Å². The predicted octanol–water partition coefficient (Wildman–Crippen LogP) is 3.22. The number of thioether (sulfide) groups is 1. The number of halogens is 2. The fraction of sp³-hybridized carbons (Fsp3) is 0.409. The first-order valence-electron chi connectivity index (χ1n) is 10.3. The number of carbonyl (C=O) groups excluding carboxylic acids is 1. The smallest absolute Gasteiger partial charge is 0.251 e. The van der Waals surface area contributed by atoms with Gasteiger partial charge in [0.05, 0.1) is 6.26 Å². The Labute approximate surface area is 198 Å². The Morgan fingerprint density at radius 2 is 1.88 bits per heavy atom. The summed E-state index contributed by atoms with van der Waals surface area (Å²) in [6, 6.07) is 12.1. The second kappa shape index (κ2) is 11.5. The van der Waals surface area contributed by atoms with E-state index in [1.807, 2.05) is 18.2 Å². The maximum Gasteiger partial charge on any atom is 0.251 e. The van der Waals surface area contributed by atoms with E-state index in [4.69, 9.17) is 11.6 Å². The number of hydrogen-bond acceptors (Lipinski definition) is 5. The molecule has 2 aromatic rings. The zero-order chi connectivity index (χ0) is 23.1. The summed E-state index contributed by atoms with van der Waals surface area (Å²) in [5.41, 5.74) is 2.07. The van der Waals surface area contributed by atoms with Crippen LogP contribution in [0, 0.1) is 5.82 Å². The van der Waals surface area contributed by atoms with Crippen LogP contribution in [0.25, 0.3) is 0 Å². The molecule has 2 aromatic carbocycles. The summed E-state index contributed by atoms with van der Waals surface area (Å²) in [4.78, 5) is 14.7. The topological polar surface area (TPSA) is 69.7 Å². The van der Waals surface area contributed by atoms with Crippen molar-refractivity contribution in [2.45, 2.75) is 12.3 Å². The minimum Gasteiger partial charge on any atom is -0.351 e. The molecule has 1 aliphatic heterocycles. The summed E-state index contributed by atoms with van der Waals surface area (Å²) in [6.45, 7) is 3.41. The van der Waals surface area contributed by atoms with E-state index in [-0.39, 0.29) is 11.7 Å². The largest absolute Gasteiger partial charge is 0.351 e. The highest BCUT2D eigenvalue weighted by molar-refractivity contribution is 7.98. The van der Waals surface area contributed by atoms with Gasteiger partial charge < -0.3 is 5.32 Å². The zero-order valence-corrected chi connectivity index (χ0v) is 20.3. The summed E-state index contributed by atoms with van der Waals surface area (Å²) in [7, 11) is -3.15. The van der Waals surface area contributed by atoms with Crippen molar-refractivity contribution in [2.24, 2.45) is 0 Å². The van der Waals surface area contributed by atoms with Crippen LogP contribution in [0.5, 0.6) is 0 Å². The second-order valence-corrected chi connectivity index (χ2v) is 11.1. The third kappa shape index (κ3) is 7.18. The van der Waals surface area contributed by atoms with Gasteiger partial charge >= 0.3 is 0 Å². The first-order valence-corrected chi connectivity index (χ1v) is 13.7. The maximum atomic E-state index is 13.8. The van der Waals surface area contributed by atoms with Crippen LogP contribution in [-0.2, 0) is 22.3 Å². The first kappa shape index (κ1) is 25.0. The highest BCUT2D eigenvalue weighted by atomic mass is 35.5. The molecule has 0 atom stereocenters. The normalized spacial score (nSPS) is 15.6. The predicted molar refractivity (Wildman–Crippen MR) is 128 cm³/mol. The van der Waals surface area contributed by atoms with Crippen LogP contribution in [-0.4, -0.2) is 68.3 Å². The van der Waals surface area contributed by atoms with Crippen molar-refractivity contribution in [1.29, 1.82) is 0 Å². The summed E-state index contributed by atoms with van der Waals surface area (Å²) >= 11 is 7.54. The van der Waals surface area contributed by atoms with Gasteiger partial charge in [-0.05, 0) is 29.8 Å². The van der Waals surface area contributed by atoms with Gasteiger partial charge in [0.15, 0.2) is 0 Å². The molecule has 10 heteroatoms. The Kier molecular flexibility index (Phi) is 8.95. The van der Waals surface area contributed by atoms with E-state index in [1.54, 1.807) is 18.2 Å². The lowest BCUT2D eigenvalue weighted by Gasteiger charge is -2.33. The molecule has 0 saturated carbocycles. The van der Waals surface area contributed by atoms with Crippen molar-refractivity contribution < 1.29 is 17.6 Å². The van der Waals surface area contributed by atoms with E-state index in [9.17, 15) is 17.6 Å². The minimum absolute atomic E-state index is 0.154. The Bertz CT molecular complexity index is 1020. The number of amides is 1. The standard InChI is InChI=1S/C22H27ClFN3O3S2/c1-32(29,30)27-11-9-26(10-12-27)15-17-4-2-5-18(14-17)22(28)25-8-13-31-16-19-20(23)6-3-7-21(19)24/h2-7,14H,8-13,15-16H2,1H3,(H,25,28). The molecule has 1 fully saturated rings. The van der Waals surface area contributed by atoms with E-state index in [0.717, 1.165) is 5.56 Å². The Hall–Kier alpha value is -1.65. The van der Waals surface area contributed by atoms with Crippen LogP contribution in [0.4, 0.5) is 4.39 Å². The molecular formula is C22H27ClFN3O3S2. The van der Waals surface area contributed by atoms with Crippen molar-refractivity contribution in [3.05, 3.63) is 70.0 Å². The van der Waals surface area contributed by atoms with E-state index in [0.29, 0.717) is 66.9 Å². The van der Waals surface area contributed by atoms with Crippen LogP contribution in [0.2, 0.25) is 5.02 Å². The molecule has 1 saturated heterocycles. The molecule has 1 N–H and O–H groups in total. The zero-order valence-electron chi connectivity index (χ0n) is 17.9. The fourth-order valence-electron chi connectivity index (χ4n) is 3.47. The second-order valence-electron chi connectivity index (χ2n) is 7.65. The SMILES string of the molecule is CS(=O)(=O)N1CCN(Cc2cccc(C(=O)NCCSCc3c(F)cccc3Cl)c2)CC1. The molecule has 0 aliphatic carbocycles. The summed E-state index contributed by atoms with van der Waals surface area (Å²) in [6.07, 6.45) is 1.23. The fourth-order valence-corrected chi connectivity index (χ4v) is 5.50. The molecule has 174 valence electrons. The monoisotopic (exact) mass is 499 g/mol. The van der Waals surface area contributed by atoms with Gasteiger partial charge in [-0.25, -0.2) is 12.8 Å². The minimum atomic E-state index is -3.15. The Morgan fingerprint density at radius 1 is 1.16 bits per heavy atom. The van der Waals surface area contributed by atoms with Crippen molar-refractivity contribution in [3.63, 3.8) is 0 Å². The van der Waals surface area contributed by atoms with Crippen LogP contribution >= 0.6 is 23.4 Å². The maximum absolute atomic E-state index is 13.8. The van der Waals surface area contributed by atoms with Gasteiger partial charge in [-0.1, -0.05) is 29.8 Å². The van der Waals surface area contributed by atoms with Gasteiger partial charge in [0.1, 0.15) is 5.82 Å². The quantitative estimate of drug-likeness (QED) is 0.536. The summed E-state index contributed by atoms with van der Waals surface area (Å²) in [5, 5.41) is 3.31. The van der Waals surface area contributed by atoms with Crippen molar-refractivity contribution in [1.82, 2.24) is 14.5 Å². The van der Waals surface area contributed by atoms with Gasteiger partial charge in [0, 0.05) is 66.9 Å². The first-order chi connectivity index (χ1) is 15.2. The van der Waals surface area contributed by atoms with Gasteiger partial charge in [0.2, 0.25) is 10.0 Å². The number of nitrogens with one attached hydrogen (secondary N) is 1. The lowest BCUT2D eigenvalue weighted by molar-refractivity contribution is 0.0956. The molecule has 0 bridgehead atoms. The molecule has 3 rings (SSSR count). The molecule has 1 heterocycles. The van der Waals surface area contributed by atoms with E-state index < -0.39 is 10.0 Å². The molecule has 0 radical (unpaired) electrons. The average molecular weight is 500 g/mol. The van der Waals surface area contributed by atoms with Crippen molar-refractivity contribution in [2.75, 3.05) is 44.7 Å².